The van der Waals surface area contributed by atoms with Crippen LogP contribution in [0, 0.1) is 0 Å². The molecule has 1 unspecified atom stereocenters. The maximum absolute atomic E-state index is 11.7. The van der Waals surface area contributed by atoms with Crippen molar-refractivity contribution in [1.82, 2.24) is 0 Å². The van der Waals surface area contributed by atoms with Crippen LogP contribution in [0.2, 0.25) is 0 Å². The highest BCUT2D eigenvalue weighted by Gasteiger charge is 2.48. The SMILES string of the molecule is CCCCCC/C=C\CCCCCC/C=C\CCC(O)(C[N+](C)(C)C)P(=O)(O)O. The summed E-state index contributed by atoms with van der Waals surface area (Å²) in [7, 11) is 0.884. The van der Waals surface area contributed by atoms with E-state index in [1.165, 1.54) is 57.8 Å². The Hall–Kier alpha value is -0.450. The van der Waals surface area contributed by atoms with Gasteiger partial charge in [0.05, 0.1) is 21.1 Å². The lowest BCUT2D eigenvalue weighted by molar-refractivity contribution is -0.875. The van der Waals surface area contributed by atoms with Crippen LogP contribution in [0.1, 0.15) is 90.4 Å². The fourth-order valence-electron chi connectivity index (χ4n) is 3.43. The minimum atomic E-state index is -4.57. The summed E-state index contributed by atoms with van der Waals surface area (Å²) in [5, 5.41) is 8.52. The first kappa shape index (κ1) is 28.5. The number of likely N-dealkylation sites (N-methyl/N-ethyl adjacent to an activating group) is 1. The van der Waals surface area contributed by atoms with E-state index in [9.17, 15) is 19.5 Å². The summed E-state index contributed by atoms with van der Waals surface area (Å²) in [4.78, 5) is 19.1. The third-order valence-corrected chi connectivity index (χ3v) is 6.48. The predicted molar refractivity (Wildman–Crippen MR) is 124 cm³/mol. The van der Waals surface area contributed by atoms with Crippen molar-refractivity contribution in [3.63, 3.8) is 0 Å². The Morgan fingerprint density at radius 1 is 0.759 bits per heavy atom. The van der Waals surface area contributed by atoms with Gasteiger partial charge in [-0.15, -0.1) is 0 Å². The standard InChI is InChI=1S/C23H46NO4P/c1-5-6-7-8-9-10-11-12-13-14-15-16-17-18-19-20-21-23(25,29(26,27)28)22-24(2,3)4/h10-11,18-19,25H,5-9,12-17,20-22H2,1-4H3,(H-,26,27,28)/p+1/b11-10-,19-18-. The summed E-state index contributed by atoms with van der Waals surface area (Å²) in [5.74, 6) is 0. The maximum atomic E-state index is 11.7. The number of hydrogen-bond acceptors (Lipinski definition) is 2. The Morgan fingerprint density at radius 3 is 1.55 bits per heavy atom. The number of allylic oxidation sites excluding steroid dienone is 4. The first-order chi connectivity index (χ1) is 13.5. The van der Waals surface area contributed by atoms with Crippen molar-refractivity contribution in [2.45, 2.75) is 95.7 Å². The Balaban J connectivity index is 3.83. The molecule has 172 valence electrons. The number of rotatable bonds is 18. The largest absolute Gasteiger partial charge is 0.373 e. The van der Waals surface area contributed by atoms with E-state index in [0.717, 1.165) is 12.8 Å². The molecule has 6 heteroatoms. The molecule has 0 aromatic heterocycles. The van der Waals surface area contributed by atoms with Crippen molar-refractivity contribution < 1.29 is 23.9 Å². The fraction of sp³-hybridized carbons (Fsp3) is 0.826. The summed E-state index contributed by atoms with van der Waals surface area (Å²) < 4.78 is 12.0. The van der Waals surface area contributed by atoms with Gasteiger partial charge in [-0.2, -0.15) is 0 Å². The van der Waals surface area contributed by atoms with Crippen LogP contribution in [0.5, 0.6) is 0 Å². The highest BCUT2D eigenvalue weighted by atomic mass is 31.2. The maximum Gasteiger partial charge on any atom is 0.362 e. The second-order valence-corrected chi connectivity index (χ2v) is 11.2. The molecule has 0 rings (SSSR count). The van der Waals surface area contributed by atoms with Gasteiger partial charge in [0, 0.05) is 0 Å². The average Bonchev–Trinajstić information content (AvgIpc) is 2.59. The molecule has 0 fully saturated rings. The minimum Gasteiger partial charge on any atom is -0.373 e. The first-order valence-corrected chi connectivity index (χ1v) is 13.0. The summed E-state index contributed by atoms with van der Waals surface area (Å²) in [5.41, 5.74) is 0. The third-order valence-electron chi connectivity index (χ3n) is 5.03. The molecule has 29 heavy (non-hydrogen) atoms. The van der Waals surface area contributed by atoms with Gasteiger partial charge < -0.3 is 19.4 Å². The van der Waals surface area contributed by atoms with Crippen LogP contribution < -0.4 is 0 Å². The van der Waals surface area contributed by atoms with E-state index in [0.29, 0.717) is 10.9 Å². The van der Waals surface area contributed by atoms with Gasteiger partial charge >= 0.3 is 7.60 Å². The molecule has 0 radical (unpaired) electrons. The molecule has 0 saturated carbocycles. The molecular weight excluding hydrogens is 385 g/mol. The van der Waals surface area contributed by atoms with Gasteiger partial charge in [0.15, 0.2) is 0 Å². The normalized spacial score (nSPS) is 15.4. The number of nitrogens with zero attached hydrogens (tertiary/aromatic N) is 1. The molecule has 3 N–H and O–H groups in total. The van der Waals surface area contributed by atoms with E-state index >= 15 is 0 Å². The molecule has 0 aliphatic carbocycles. The molecule has 0 aromatic carbocycles. The Morgan fingerprint density at radius 2 is 1.17 bits per heavy atom. The molecule has 0 aliphatic rings. The monoisotopic (exact) mass is 432 g/mol. The van der Waals surface area contributed by atoms with E-state index in [4.69, 9.17) is 0 Å². The van der Waals surface area contributed by atoms with Gasteiger partial charge in [-0.25, -0.2) is 0 Å². The van der Waals surface area contributed by atoms with Crippen LogP contribution in [0.3, 0.4) is 0 Å². The molecule has 0 amide bonds. The topological polar surface area (TPSA) is 77.8 Å². The minimum absolute atomic E-state index is 0.0261. The average molecular weight is 433 g/mol. The van der Waals surface area contributed by atoms with E-state index in [-0.39, 0.29) is 13.0 Å². The highest BCUT2D eigenvalue weighted by Crippen LogP contribution is 2.52. The van der Waals surface area contributed by atoms with Crippen LogP contribution in [-0.4, -0.2) is 52.4 Å². The zero-order valence-corrected chi connectivity index (χ0v) is 20.2. The van der Waals surface area contributed by atoms with Gasteiger partial charge in [-0.1, -0.05) is 63.3 Å². The van der Waals surface area contributed by atoms with E-state index in [2.05, 4.69) is 25.2 Å². The Kier molecular flexibility index (Phi) is 15.1. The van der Waals surface area contributed by atoms with Crippen molar-refractivity contribution in [2.24, 2.45) is 0 Å². The second kappa shape index (κ2) is 15.4. The van der Waals surface area contributed by atoms with E-state index < -0.39 is 12.9 Å². The summed E-state index contributed by atoms with van der Waals surface area (Å²) in [6, 6.07) is 0. The molecule has 0 bridgehead atoms. The summed E-state index contributed by atoms with van der Waals surface area (Å²) in [6.45, 7) is 2.27. The quantitative estimate of drug-likeness (QED) is 0.111. The number of aliphatic hydroxyl groups is 1. The van der Waals surface area contributed by atoms with Crippen molar-refractivity contribution in [1.29, 1.82) is 0 Å². The van der Waals surface area contributed by atoms with Crippen LogP contribution in [0.25, 0.3) is 0 Å². The van der Waals surface area contributed by atoms with Gasteiger partial charge in [0.2, 0.25) is 5.34 Å². The van der Waals surface area contributed by atoms with Crippen molar-refractivity contribution in [3.05, 3.63) is 24.3 Å². The van der Waals surface area contributed by atoms with Crippen LogP contribution in [0.15, 0.2) is 24.3 Å². The molecule has 0 aromatic rings. The molecule has 5 nitrogen and oxygen atoms in total. The number of quaternary nitrogens is 1. The Bertz CT molecular complexity index is 507. The van der Waals surface area contributed by atoms with Crippen molar-refractivity contribution >= 4 is 7.60 Å². The van der Waals surface area contributed by atoms with Crippen LogP contribution in [-0.2, 0) is 4.57 Å². The first-order valence-electron chi connectivity index (χ1n) is 11.4. The fourth-order valence-corrected chi connectivity index (χ4v) is 4.46. The second-order valence-electron chi connectivity index (χ2n) is 9.30. The lowest BCUT2D eigenvalue weighted by atomic mass is 10.1. The molecule has 0 spiro atoms. The predicted octanol–water partition coefficient (Wildman–Crippen LogP) is 5.76. The zero-order chi connectivity index (χ0) is 22.2. The van der Waals surface area contributed by atoms with Gasteiger partial charge in [0.25, 0.3) is 0 Å². The zero-order valence-electron chi connectivity index (χ0n) is 19.4. The molecular formula is C23H47NO4P+. The molecule has 1 atom stereocenters. The van der Waals surface area contributed by atoms with Gasteiger partial charge in [-0.3, -0.25) is 4.57 Å². The smallest absolute Gasteiger partial charge is 0.362 e. The van der Waals surface area contributed by atoms with Gasteiger partial charge in [0.1, 0.15) is 6.54 Å². The summed E-state index contributed by atoms with van der Waals surface area (Å²) >= 11 is 0. The van der Waals surface area contributed by atoms with Crippen LogP contribution in [0.4, 0.5) is 0 Å². The molecule has 0 heterocycles. The molecule has 0 aliphatic heterocycles. The lowest BCUT2D eigenvalue weighted by Crippen LogP contribution is -2.49. The lowest BCUT2D eigenvalue weighted by Gasteiger charge is -2.35. The van der Waals surface area contributed by atoms with E-state index in [1.807, 2.05) is 27.2 Å². The third kappa shape index (κ3) is 16.0. The van der Waals surface area contributed by atoms with Crippen molar-refractivity contribution in [2.75, 3.05) is 27.7 Å². The van der Waals surface area contributed by atoms with Crippen molar-refractivity contribution in [3.8, 4) is 0 Å². The van der Waals surface area contributed by atoms with Gasteiger partial charge in [-0.05, 0) is 51.4 Å². The number of hydrogen-bond donors (Lipinski definition) is 3. The van der Waals surface area contributed by atoms with E-state index in [1.54, 1.807) is 0 Å². The summed E-state index contributed by atoms with van der Waals surface area (Å²) in [6.07, 6.45) is 22.8. The van der Waals surface area contributed by atoms with Crippen LogP contribution >= 0.6 is 7.60 Å². The Labute approximate surface area is 179 Å². The highest BCUT2D eigenvalue weighted by molar-refractivity contribution is 7.53. The number of unbranched alkanes of at least 4 members (excludes halogenated alkanes) is 9. The molecule has 0 saturated heterocycles.